The number of hydrogen-bond donors (Lipinski definition) is 3. The lowest BCUT2D eigenvalue weighted by Crippen LogP contribution is -2.70. The van der Waals surface area contributed by atoms with Crippen LogP contribution < -0.4 is 0 Å². The minimum absolute atomic E-state index is 0.0391. The van der Waals surface area contributed by atoms with Gasteiger partial charge in [-0.15, -0.1) is 0 Å². The van der Waals surface area contributed by atoms with Crippen LogP contribution in [0, 0.1) is 51.2 Å². The summed E-state index contributed by atoms with van der Waals surface area (Å²) in [5.41, 5.74) is -0.693. The van der Waals surface area contributed by atoms with Crippen LogP contribution in [0.15, 0.2) is 0 Å². The molecule has 11 atom stereocenters. The maximum Gasteiger partial charge on any atom is 0.310 e. The van der Waals surface area contributed by atoms with E-state index in [1.807, 2.05) is 6.92 Å². The molecule has 5 fully saturated rings. The fraction of sp³-hybridized carbons (Fsp3) is 0.962. The Morgan fingerprint density at radius 3 is 2.39 bits per heavy atom. The predicted octanol–water partition coefficient (Wildman–Crippen LogP) is 3.54. The van der Waals surface area contributed by atoms with Crippen molar-refractivity contribution < 1.29 is 24.9 Å². The molecule has 5 heteroatoms. The third kappa shape index (κ3) is 2.57. The largest absolute Gasteiger partial charge is 0.462 e. The van der Waals surface area contributed by atoms with Gasteiger partial charge in [0.15, 0.2) is 0 Å². The van der Waals surface area contributed by atoms with E-state index in [4.69, 9.17) is 4.74 Å². The third-order valence-electron chi connectivity index (χ3n) is 11.7. The monoisotopic (exact) mass is 434 g/mol. The molecule has 4 aliphatic carbocycles. The van der Waals surface area contributed by atoms with Crippen LogP contribution in [0.25, 0.3) is 0 Å². The lowest BCUT2D eigenvalue weighted by Gasteiger charge is -2.71. The van der Waals surface area contributed by atoms with Gasteiger partial charge in [0.1, 0.15) is 6.10 Å². The van der Waals surface area contributed by atoms with Crippen molar-refractivity contribution in [2.75, 3.05) is 6.61 Å². The third-order valence-corrected chi connectivity index (χ3v) is 11.7. The Morgan fingerprint density at radius 1 is 1.00 bits per heavy atom. The van der Waals surface area contributed by atoms with Crippen LogP contribution in [-0.4, -0.2) is 46.2 Å². The summed E-state index contributed by atoms with van der Waals surface area (Å²) in [6.45, 7) is 11.2. The number of aliphatic hydroxyl groups is 3. The lowest BCUT2D eigenvalue weighted by atomic mass is 9.33. The Balaban J connectivity index is 1.61. The molecule has 5 aliphatic rings. The molecule has 1 saturated heterocycles. The zero-order valence-electron chi connectivity index (χ0n) is 19.9. The summed E-state index contributed by atoms with van der Waals surface area (Å²) in [7, 11) is 0. The first-order valence-electron chi connectivity index (χ1n) is 12.6. The highest BCUT2D eigenvalue weighted by Gasteiger charge is 2.73. The van der Waals surface area contributed by atoms with Gasteiger partial charge in [0.2, 0.25) is 0 Å². The zero-order chi connectivity index (χ0) is 22.6. The van der Waals surface area contributed by atoms with Crippen molar-refractivity contribution in [1.29, 1.82) is 0 Å². The molecule has 176 valence electrons. The van der Waals surface area contributed by atoms with E-state index >= 15 is 0 Å². The van der Waals surface area contributed by atoms with Crippen molar-refractivity contribution in [3.8, 4) is 0 Å². The highest BCUT2D eigenvalue weighted by atomic mass is 16.6. The van der Waals surface area contributed by atoms with Crippen LogP contribution in [0.5, 0.6) is 0 Å². The number of fused-ring (bicyclic) bond motifs is 7. The molecule has 3 N–H and O–H groups in total. The Labute approximate surface area is 186 Å². The highest BCUT2D eigenvalue weighted by Crippen LogP contribution is 2.74. The lowest BCUT2D eigenvalue weighted by molar-refractivity contribution is -0.267. The maximum atomic E-state index is 13.0. The number of hydrogen-bond acceptors (Lipinski definition) is 5. The molecule has 4 saturated carbocycles. The minimum atomic E-state index is -0.624. The van der Waals surface area contributed by atoms with Crippen molar-refractivity contribution in [2.45, 2.75) is 97.9 Å². The van der Waals surface area contributed by atoms with Crippen molar-refractivity contribution in [3.05, 3.63) is 0 Å². The fourth-order valence-electron chi connectivity index (χ4n) is 10.3. The summed E-state index contributed by atoms with van der Waals surface area (Å²) in [6, 6.07) is 0. The van der Waals surface area contributed by atoms with Gasteiger partial charge in [-0.3, -0.25) is 4.79 Å². The van der Waals surface area contributed by atoms with Crippen molar-refractivity contribution in [3.63, 3.8) is 0 Å². The summed E-state index contributed by atoms with van der Waals surface area (Å²) in [5.74, 6) is -0.234. The van der Waals surface area contributed by atoms with Gasteiger partial charge in [0.25, 0.3) is 0 Å². The maximum absolute atomic E-state index is 13.0. The van der Waals surface area contributed by atoms with Crippen LogP contribution in [0.1, 0.15) is 79.6 Å². The summed E-state index contributed by atoms with van der Waals surface area (Å²) in [4.78, 5) is 13.0. The fourth-order valence-corrected chi connectivity index (χ4v) is 10.3. The van der Waals surface area contributed by atoms with E-state index < -0.39 is 23.5 Å². The van der Waals surface area contributed by atoms with Gasteiger partial charge in [-0.05, 0) is 74.0 Å². The number of ether oxygens (including phenoxy) is 1. The van der Waals surface area contributed by atoms with Crippen LogP contribution >= 0.6 is 0 Å². The molecule has 0 spiro atoms. The molecule has 5 rings (SSSR count). The smallest absolute Gasteiger partial charge is 0.310 e. The van der Waals surface area contributed by atoms with Gasteiger partial charge in [0.05, 0.1) is 18.1 Å². The normalized spacial score (nSPS) is 57.9. The van der Waals surface area contributed by atoms with Crippen molar-refractivity contribution >= 4 is 5.97 Å². The van der Waals surface area contributed by atoms with Gasteiger partial charge < -0.3 is 20.1 Å². The van der Waals surface area contributed by atoms with E-state index in [0.717, 1.165) is 25.7 Å². The molecule has 0 aromatic heterocycles. The molecule has 1 heterocycles. The number of cyclic esters (lactones) is 1. The molecular weight excluding hydrogens is 392 g/mol. The molecule has 1 aliphatic heterocycles. The van der Waals surface area contributed by atoms with E-state index in [1.165, 1.54) is 6.42 Å². The standard InChI is InChI=1S/C26H42O5/c1-14-20-15(28)11-17-24(4)10-7-16-23(2,3)8-6-9-26(16,13-27)18(24)12-19(29)25(17,5)21(20)22(30)31-14/h14-21,27-29H,6-13H2,1-5H3/t14?,15-,16?,17?,18?,19+,20+,21+,24-,25+,26+/m0/s1. The summed E-state index contributed by atoms with van der Waals surface area (Å²) >= 11 is 0. The average molecular weight is 435 g/mol. The van der Waals surface area contributed by atoms with Gasteiger partial charge >= 0.3 is 5.97 Å². The van der Waals surface area contributed by atoms with Crippen LogP contribution in [0.2, 0.25) is 0 Å². The van der Waals surface area contributed by atoms with Gasteiger partial charge in [-0.1, -0.05) is 34.1 Å². The van der Waals surface area contributed by atoms with E-state index in [2.05, 4.69) is 27.7 Å². The molecule has 5 nitrogen and oxygen atoms in total. The Bertz CT molecular complexity index is 765. The number of carbonyl (C=O) groups excluding carboxylic acids is 1. The number of carbonyl (C=O) groups is 1. The van der Waals surface area contributed by atoms with Crippen LogP contribution in [0.4, 0.5) is 0 Å². The predicted molar refractivity (Wildman–Crippen MR) is 117 cm³/mol. The average Bonchev–Trinajstić information content (AvgIpc) is 3.00. The molecule has 0 radical (unpaired) electrons. The second-order valence-corrected chi connectivity index (χ2v) is 13.1. The first-order valence-corrected chi connectivity index (χ1v) is 12.6. The van der Waals surface area contributed by atoms with Crippen molar-refractivity contribution in [1.82, 2.24) is 0 Å². The van der Waals surface area contributed by atoms with Gasteiger partial charge in [0, 0.05) is 23.4 Å². The summed E-state index contributed by atoms with van der Waals surface area (Å²) < 4.78 is 5.61. The van der Waals surface area contributed by atoms with Gasteiger partial charge in [-0.2, -0.15) is 0 Å². The summed E-state index contributed by atoms with van der Waals surface area (Å²) in [6.07, 6.45) is 5.17. The molecule has 0 bridgehead atoms. The first-order chi connectivity index (χ1) is 14.4. The first kappa shape index (κ1) is 22.2. The molecule has 0 amide bonds. The van der Waals surface area contributed by atoms with E-state index in [0.29, 0.717) is 18.8 Å². The second kappa shape index (κ2) is 6.70. The SMILES string of the molecule is CC1OC(=O)[C@H]2[C@H]1[C@@H](O)CC1[C@]3(C)CCC4C(C)(C)CCC[C@]4(CO)C3C[C@@H](O)[C@@]12C. The van der Waals surface area contributed by atoms with E-state index in [-0.39, 0.29) is 52.7 Å². The topological polar surface area (TPSA) is 87.0 Å². The zero-order valence-corrected chi connectivity index (χ0v) is 19.9. The second-order valence-electron chi connectivity index (χ2n) is 13.1. The minimum Gasteiger partial charge on any atom is -0.462 e. The molecule has 31 heavy (non-hydrogen) atoms. The van der Waals surface area contributed by atoms with E-state index in [9.17, 15) is 20.1 Å². The Morgan fingerprint density at radius 2 is 1.71 bits per heavy atom. The van der Waals surface area contributed by atoms with Gasteiger partial charge in [-0.25, -0.2) is 0 Å². The number of esters is 1. The van der Waals surface area contributed by atoms with Crippen molar-refractivity contribution in [2.24, 2.45) is 51.2 Å². The molecule has 0 aromatic rings. The highest BCUT2D eigenvalue weighted by molar-refractivity contribution is 5.77. The molecule has 0 aromatic carbocycles. The molecular formula is C26H42O5. The van der Waals surface area contributed by atoms with E-state index in [1.54, 1.807) is 0 Å². The Kier molecular flexibility index (Phi) is 4.79. The van der Waals surface area contributed by atoms with Crippen LogP contribution in [-0.2, 0) is 9.53 Å². The number of rotatable bonds is 1. The quantitative estimate of drug-likeness (QED) is 0.550. The molecule has 4 unspecified atom stereocenters. The summed E-state index contributed by atoms with van der Waals surface area (Å²) in [5, 5.41) is 33.8. The Hall–Kier alpha value is -0.650. The number of aliphatic hydroxyl groups excluding tert-OH is 3. The van der Waals surface area contributed by atoms with Crippen LogP contribution in [0.3, 0.4) is 0 Å².